The van der Waals surface area contributed by atoms with E-state index in [4.69, 9.17) is 32.7 Å². The van der Waals surface area contributed by atoms with E-state index in [0.717, 1.165) is 18.4 Å². The summed E-state index contributed by atoms with van der Waals surface area (Å²) in [5, 5.41) is 13.6. The number of nitrogens with one attached hydrogen (secondary N) is 1. The molecule has 0 saturated heterocycles. The van der Waals surface area contributed by atoms with E-state index in [0.29, 0.717) is 41.9 Å². The standard InChI is InChI=1S/C33H44Cl2F3N3O5/c1-21-17-41(22(2)20-42)32(44)26-16-25(39-31(43)12-13-33(36,37)38)9-11-29(26)46-23(3)7-5-6-14-45-30(21)19-40(4)18-24-8-10-27(34)28(35)15-24/h8-11,15-16,21-23,30,42H,5-7,12-14,17-20H2,1-4H3,(H,39,43)/t21-,22-,23+,30-/m1/s1. The van der Waals surface area contributed by atoms with Crippen LogP contribution in [0.5, 0.6) is 5.75 Å². The molecule has 0 aliphatic carbocycles. The number of hydrogen-bond donors (Lipinski definition) is 2. The summed E-state index contributed by atoms with van der Waals surface area (Å²) in [5.74, 6) is -1.13. The van der Waals surface area contributed by atoms with E-state index in [1.807, 2.05) is 33.0 Å². The Morgan fingerprint density at radius 2 is 1.89 bits per heavy atom. The lowest BCUT2D eigenvalue weighted by atomic mass is 10.0. The fourth-order valence-electron chi connectivity index (χ4n) is 5.26. The van der Waals surface area contributed by atoms with Crippen LogP contribution in [0.2, 0.25) is 10.0 Å². The lowest BCUT2D eigenvalue weighted by molar-refractivity contribution is -0.142. The van der Waals surface area contributed by atoms with Crippen LogP contribution in [0.25, 0.3) is 0 Å². The highest BCUT2D eigenvalue weighted by atomic mass is 35.5. The van der Waals surface area contributed by atoms with Crippen molar-refractivity contribution in [2.45, 2.75) is 83.8 Å². The molecule has 0 fully saturated rings. The Hall–Kier alpha value is -2.57. The number of fused-ring (bicyclic) bond motifs is 1. The van der Waals surface area contributed by atoms with Gasteiger partial charge in [-0.2, -0.15) is 13.2 Å². The third kappa shape index (κ3) is 11.9. The van der Waals surface area contributed by atoms with Gasteiger partial charge in [-0.25, -0.2) is 0 Å². The lowest BCUT2D eigenvalue weighted by Crippen LogP contribution is -2.47. The van der Waals surface area contributed by atoms with Crippen molar-refractivity contribution < 1.29 is 37.3 Å². The molecule has 1 aliphatic heterocycles. The second kappa shape index (κ2) is 17.5. The van der Waals surface area contributed by atoms with E-state index in [9.17, 15) is 27.9 Å². The molecule has 2 amide bonds. The van der Waals surface area contributed by atoms with Gasteiger partial charge < -0.3 is 24.8 Å². The molecule has 46 heavy (non-hydrogen) atoms. The normalized spacial score (nSPS) is 20.9. The van der Waals surface area contributed by atoms with E-state index in [2.05, 4.69) is 10.2 Å². The topological polar surface area (TPSA) is 91.3 Å². The Labute approximate surface area is 279 Å². The summed E-state index contributed by atoms with van der Waals surface area (Å²) in [4.78, 5) is 30.1. The molecule has 0 spiro atoms. The second-order valence-corrected chi connectivity index (χ2v) is 12.9. The number of benzene rings is 2. The molecule has 0 saturated carbocycles. The number of carbonyl (C=O) groups excluding carboxylic acids is 2. The molecule has 2 aromatic rings. The van der Waals surface area contributed by atoms with E-state index in [1.165, 1.54) is 12.1 Å². The summed E-state index contributed by atoms with van der Waals surface area (Å²) in [6.45, 7) is 7.23. The molecule has 0 unspecified atom stereocenters. The van der Waals surface area contributed by atoms with Crippen molar-refractivity contribution >= 4 is 40.7 Å². The second-order valence-electron chi connectivity index (χ2n) is 12.1. The Balaban J connectivity index is 1.88. The van der Waals surface area contributed by atoms with Crippen LogP contribution in [0, 0.1) is 5.92 Å². The van der Waals surface area contributed by atoms with Crippen LogP contribution in [0.15, 0.2) is 36.4 Å². The maximum absolute atomic E-state index is 14.2. The molecule has 0 radical (unpaired) electrons. The number of likely N-dealkylation sites (N-methyl/N-ethyl adjacent to an activating group) is 1. The third-order valence-electron chi connectivity index (χ3n) is 7.90. The molecule has 2 aromatic carbocycles. The number of alkyl halides is 3. The SMILES string of the molecule is C[C@@H]1CN([C@H](C)CO)C(=O)c2cc(NC(=O)CCC(F)(F)F)ccc2O[C@@H](C)CCCCO[C@@H]1CN(C)Cc1ccc(Cl)c(Cl)c1. The summed E-state index contributed by atoms with van der Waals surface area (Å²) < 4.78 is 50.5. The van der Waals surface area contributed by atoms with Crippen LogP contribution in [-0.4, -0.2) is 84.5 Å². The number of rotatable bonds is 9. The van der Waals surface area contributed by atoms with Crippen molar-refractivity contribution in [1.29, 1.82) is 0 Å². The van der Waals surface area contributed by atoms with Crippen molar-refractivity contribution in [3.05, 3.63) is 57.6 Å². The first kappa shape index (κ1) is 37.9. The first-order valence-corrected chi connectivity index (χ1v) is 16.3. The first-order valence-electron chi connectivity index (χ1n) is 15.5. The number of hydrogen-bond acceptors (Lipinski definition) is 6. The van der Waals surface area contributed by atoms with Crippen LogP contribution in [0.1, 0.15) is 68.8 Å². The van der Waals surface area contributed by atoms with Crippen LogP contribution in [0.3, 0.4) is 0 Å². The lowest BCUT2D eigenvalue weighted by Gasteiger charge is -2.36. The fourth-order valence-corrected chi connectivity index (χ4v) is 5.58. The largest absolute Gasteiger partial charge is 0.490 e. The van der Waals surface area contributed by atoms with Crippen molar-refractivity contribution in [2.75, 3.05) is 38.7 Å². The summed E-state index contributed by atoms with van der Waals surface area (Å²) in [5.41, 5.74) is 1.30. The van der Waals surface area contributed by atoms with Crippen LogP contribution in [-0.2, 0) is 16.1 Å². The number of halogens is 5. The van der Waals surface area contributed by atoms with Gasteiger partial charge in [-0.1, -0.05) is 36.2 Å². The third-order valence-corrected chi connectivity index (χ3v) is 8.64. The quantitative estimate of drug-likeness (QED) is 0.289. The van der Waals surface area contributed by atoms with Gasteiger partial charge in [-0.05, 0) is 76.1 Å². The molecule has 0 bridgehead atoms. The average Bonchev–Trinajstić information content (AvgIpc) is 2.99. The zero-order valence-electron chi connectivity index (χ0n) is 26.7. The molecular weight excluding hydrogens is 646 g/mol. The number of nitrogens with zero attached hydrogens (tertiary/aromatic N) is 2. The number of aliphatic hydroxyl groups excluding tert-OH is 1. The molecular formula is C33H44Cl2F3N3O5. The minimum Gasteiger partial charge on any atom is -0.490 e. The Bertz CT molecular complexity index is 1320. The highest BCUT2D eigenvalue weighted by Crippen LogP contribution is 2.29. The molecule has 2 N–H and O–H groups in total. The number of ether oxygens (including phenoxy) is 2. The van der Waals surface area contributed by atoms with Crippen molar-refractivity contribution in [3.8, 4) is 5.75 Å². The molecule has 13 heteroatoms. The van der Waals surface area contributed by atoms with E-state index >= 15 is 0 Å². The smallest absolute Gasteiger partial charge is 0.389 e. The number of anilines is 1. The molecule has 1 heterocycles. The van der Waals surface area contributed by atoms with Gasteiger partial charge in [-0.15, -0.1) is 0 Å². The molecule has 3 rings (SSSR count). The van der Waals surface area contributed by atoms with Crippen molar-refractivity contribution in [2.24, 2.45) is 5.92 Å². The predicted octanol–water partition coefficient (Wildman–Crippen LogP) is 7.20. The van der Waals surface area contributed by atoms with Crippen LogP contribution >= 0.6 is 23.2 Å². The zero-order chi connectivity index (χ0) is 34.0. The number of carbonyl (C=O) groups is 2. The molecule has 8 nitrogen and oxygen atoms in total. The molecule has 4 atom stereocenters. The van der Waals surface area contributed by atoms with Gasteiger partial charge in [-0.3, -0.25) is 14.5 Å². The summed E-state index contributed by atoms with van der Waals surface area (Å²) in [6, 6.07) is 9.40. The Kier molecular flexibility index (Phi) is 14.4. The van der Waals surface area contributed by atoms with E-state index in [-0.39, 0.29) is 42.5 Å². The highest BCUT2D eigenvalue weighted by Gasteiger charge is 2.31. The first-order chi connectivity index (χ1) is 21.7. The van der Waals surface area contributed by atoms with Gasteiger partial charge in [0.05, 0.1) is 46.9 Å². The summed E-state index contributed by atoms with van der Waals surface area (Å²) in [6.07, 6.45) is -4.65. The Morgan fingerprint density at radius 3 is 2.57 bits per heavy atom. The fraction of sp³-hybridized carbons (Fsp3) is 0.576. The van der Waals surface area contributed by atoms with Crippen molar-refractivity contribution in [1.82, 2.24) is 9.80 Å². The van der Waals surface area contributed by atoms with Gasteiger partial charge in [0, 0.05) is 44.3 Å². The summed E-state index contributed by atoms with van der Waals surface area (Å²) in [7, 11) is 1.98. The Morgan fingerprint density at radius 1 is 1.15 bits per heavy atom. The number of aliphatic hydroxyl groups is 1. The maximum Gasteiger partial charge on any atom is 0.389 e. The minimum atomic E-state index is -4.47. The van der Waals surface area contributed by atoms with Gasteiger partial charge >= 0.3 is 6.18 Å². The van der Waals surface area contributed by atoms with Gasteiger partial charge in [0.15, 0.2) is 0 Å². The van der Waals surface area contributed by atoms with E-state index in [1.54, 1.807) is 24.0 Å². The number of amides is 2. The monoisotopic (exact) mass is 689 g/mol. The van der Waals surface area contributed by atoms with Crippen molar-refractivity contribution in [3.63, 3.8) is 0 Å². The molecule has 256 valence electrons. The average molecular weight is 691 g/mol. The molecule has 0 aromatic heterocycles. The van der Waals surface area contributed by atoms with E-state index < -0.39 is 36.9 Å². The predicted molar refractivity (Wildman–Crippen MR) is 174 cm³/mol. The van der Waals surface area contributed by atoms with Gasteiger partial charge in [0.2, 0.25) is 5.91 Å². The molecule has 1 aliphatic rings. The van der Waals surface area contributed by atoms with Crippen LogP contribution in [0.4, 0.5) is 18.9 Å². The minimum absolute atomic E-state index is 0.138. The summed E-state index contributed by atoms with van der Waals surface area (Å²) >= 11 is 12.3. The van der Waals surface area contributed by atoms with Gasteiger partial charge in [0.1, 0.15) is 5.75 Å². The maximum atomic E-state index is 14.2. The highest BCUT2D eigenvalue weighted by molar-refractivity contribution is 6.42. The van der Waals surface area contributed by atoms with Gasteiger partial charge in [0.25, 0.3) is 5.91 Å². The van der Waals surface area contributed by atoms with Crippen LogP contribution < -0.4 is 10.1 Å². The zero-order valence-corrected chi connectivity index (χ0v) is 28.2.